The lowest BCUT2D eigenvalue weighted by Crippen LogP contribution is -2.55. The fourth-order valence-electron chi connectivity index (χ4n) is 6.00. The van der Waals surface area contributed by atoms with Crippen molar-refractivity contribution in [2.75, 3.05) is 0 Å². The van der Waals surface area contributed by atoms with Crippen LogP contribution in [0.2, 0.25) is 0 Å². The Balaban J connectivity index is 0.000000555. The van der Waals surface area contributed by atoms with Crippen molar-refractivity contribution in [1.82, 2.24) is 0 Å². The van der Waals surface area contributed by atoms with Gasteiger partial charge in [0.25, 0.3) is 0 Å². The zero-order valence-corrected chi connectivity index (χ0v) is 13.7. The molecule has 1 heterocycles. The van der Waals surface area contributed by atoms with Gasteiger partial charge in [0.2, 0.25) is 0 Å². The molecule has 4 atom stereocenters. The largest absolute Gasteiger partial charge is 0.489 e. The summed E-state index contributed by atoms with van der Waals surface area (Å²) in [7, 11) is 0. The van der Waals surface area contributed by atoms with E-state index >= 15 is 0 Å². The third kappa shape index (κ3) is 1.58. The molecule has 0 amide bonds. The minimum atomic E-state index is 0.427. The van der Waals surface area contributed by atoms with Crippen LogP contribution in [-0.2, 0) is 11.8 Å². The molecule has 0 saturated heterocycles. The van der Waals surface area contributed by atoms with E-state index in [-0.39, 0.29) is 0 Å². The summed E-state index contributed by atoms with van der Waals surface area (Å²) in [6.07, 6.45) is 10.2. The Hall–Kier alpha value is -0.980. The van der Waals surface area contributed by atoms with E-state index in [4.69, 9.17) is 4.74 Å². The highest BCUT2D eigenvalue weighted by Gasteiger charge is 2.61. The third-order valence-electron chi connectivity index (χ3n) is 6.60. The molecular weight excluding hydrogens is 256 g/mol. The van der Waals surface area contributed by atoms with Crippen LogP contribution in [-0.4, -0.2) is 6.10 Å². The lowest BCUT2D eigenvalue weighted by atomic mass is 9.48. The molecule has 0 N–H and O–H groups in total. The van der Waals surface area contributed by atoms with Gasteiger partial charge in [0.15, 0.2) is 0 Å². The van der Waals surface area contributed by atoms with E-state index in [2.05, 4.69) is 19.1 Å². The number of benzene rings is 1. The second-order valence-electron chi connectivity index (χ2n) is 7.29. The molecule has 1 spiro atoms. The van der Waals surface area contributed by atoms with Crippen LogP contribution in [0.25, 0.3) is 0 Å². The Morgan fingerprint density at radius 2 is 1.95 bits per heavy atom. The molecule has 21 heavy (non-hydrogen) atoms. The van der Waals surface area contributed by atoms with Crippen molar-refractivity contribution in [3.63, 3.8) is 0 Å². The number of ether oxygens (including phenoxy) is 1. The van der Waals surface area contributed by atoms with Crippen LogP contribution in [0.4, 0.5) is 0 Å². The van der Waals surface area contributed by atoms with E-state index in [0.717, 1.165) is 11.8 Å². The van der Waals surface area contributed by atoms with Gasteiger partial charge in [-0.1, -0.05) is 32.4 Å². The number of hydrogen-bond acceptors (Lipinski definition) is 1. The van der Waals surface area contributed by atoms with Crippen molar-refractivity contribution >= 4 is 0 Å². The molecule has 1 aliphatic heterocycles. The zero-order chi connectivity index (χ0) is 14.6. The topological polar surface area (TPSA) is 9.23 Å². The maximum absolute atomic E-state index is 6.51. The van der Waals surface area contributed by atoms with Gasteiger partial charge in [-0.25, -0.2) is 0 Å². The van der Waals surface area contributed by atoms with E-state index in [9.17, 15) is 0 Å². The van der Waals surface area contributed by atoms with Crippen LogP contribution in [0, 0.1) is 18.8 Å². The second kappa shape index (κ2) is 4.76. The Morgan fingerprint density at radius 1 is 1.10 bits per heavy atom. The molecule has 1 nitrogen and oxygen atoms in total. The molecule has 3 aliphatic carbocycles. The number of aryl methyl sites for hydroxylation is 1. The molecule has 4 aliphatic rings. The van der Waals surface area contributed by atoms with Crippen LogP contribution < -0.4 is 4.74 Å². The lowest BCUT2D eigenvalue weighted by molar-refractivity contribution is -0.0140. The summed E-state index contributed by atoms with van der Waals surface area (Å²) in [6.45, 7) is 6.23. The smallest absolute Gasteiger partial charge is 0.126 e. The normalized spacial score (nSPS) is 38.0. The fourth-order valence-corrected chi connectivity index (χ4v) is 6.00. The summed E-state index contributed by atoms with van der Waals surface area (Å²) >= 11 is 0. The Kier molecular flexibility index (Phi) is 3.10. The first-order chi connectivity index (χ1) is 10.3. The van der Waals surface area contributed by atoms with Gasteiger partial charge in [-0.05, 0) is 68.4 Å². The Bertz CT molecular complexity index is 561. The minimum Gasteiger partial charge on any atom is -0.489 e. The molecule has 114 valence electrons. The van der Waals surface area contributed by atoms with Crippen molar-refractivity contribution in [3.8, 4) is 5.75 Å². The monoisotopic (exact) mass is 284 g/mol. The molecular formula is C20H28O. The Labute approximate surface area is 129 Å². The summed E-state index contributed by atoms with van der Waals surface area (Å²) in [5.74, 6) is 3.16. The minimum absolute atomic E-state index is 0.427. The molecule has 1 aromatic rings. The van der Waals surface area contributed by atoms with Crippen molar-refractivity contribution in [2.45, 2.75) is 77.2 Å². The molecule has 2 fully saturated rings. The summed E-state index contributed by atoms with van der Waals surface area (Å²) in [4.78, 5) is 0. The van der Waals surface area contributed by atoms with Gasteiger partial charge in [0, 0.05) is 11.0 Å². The summed E-state index contributed by atoms with van der Waals surface area (Å²) < 4.78 is 6.51. The quantitative estimate of drug-likeness (QED) is 0.638. The average Bonchev–Trinajstić information content (AvgIpc) is 2.85. The highest BCUT2D eigenvalue weighted by molar-refractivity contribution is 5.57. The first-order valence-corrected chi connectivity index (χ1v) is 9.10. The summed E-state index contributed by atoms with van der Waals surface area (Å²) in [5.41, 5.74) is 5.09. The van der Waals surface area contributed by atoms with E-state index < -0.39 is 0 Å². The maximum atomic E-state index is 6.51. The average molecular weight is 284 g/mol. The molecule has 0 radical (unpaired) electrons. The molecule has 4 unspecified atom stereocenters. The van der Waals surface area contributed by atoms with Crippen LogP contribution >= 0.6 is 0 Å². The Morgan fingerprint density at radius 3 is 2.81 bits per heavy atom. The summed E-state index contributed by atoms with van der Waals surface area (Å²) in [5, 5.41) is 0. The number of hydrogen-bond donors (Lipinski definition) is 0. The number of rotatable bonds is 0. The third-order valence-corrected chi connectivity index (χ3v) is 6.60. The highest BCUT2D eigenvalue weighted by atomic mass is 16.5. The van der Waals surface area contributed by atoms with E-state index in [1.54, 1.807) is 11.1 Å². The van der Waals surface area contributed by atoms with Gasteiger partial charge < -0.3 is 4.74 Å². The van der Waals surface area contributed by atoms with Crippen LogP contribution in [0.15, 0.2) is 12.1 Å². The van der Waals surface area contributed by atoms with Gasteiger partial charge in [-0.3, -0.25) is 0 Å². The molecule has 2 saturated carbocycles. The SMILES string of the molecule is CC.Cc1ccc2c3c1OC1CCCC4C(CCCC314)C2. The lowest BCUT2D eigenvalue weighted by Gasteiger charge is -2.54. The molecule has 0 aromatic heterocycles. The summed E-state index contributed by atoms with van der Waals surface area (Å²) in [6, 6.07) is 4.70. The van der Waals surface area contributed by atoms with Gasteiger partial charge >= 0.3 is 0 Å². The van der Waals surface area contributed by atoms with Crippen molar-refractivity contribution in [3.05, 3.63) is 28.8 Å². The van der Waals surface area contributed by atoms with Crippen LogP contribution in [0.3, 0.4) is 0 Å². The molecule has 5 rings (SSSR count). The van der Waals surface area contributed by atoms with E-state index in [1.807, 2.05) is 13.8 Å². The standard InChI is InChI=1S/C18H22O.C2H6/c1-11-7-8-13-10-12-4-3-9-18-14(12)5-2-6-15(18)19-17(11)16(13)18;1-2/h7-8,12,14-15H,2-6,9-10H2,1H3;1-2H3. The van der Waals surface area contributed by atoms with Gasteiger partial charge in [-0.2, -0.15) is 0 Å². The van der Waals surface area contributed by atoms with Crippen molar-refractivity contribution in [1.29, 1.82) is 0 Å². The maximum Gasteiger partial charge on any atom is 0.126 e. The van der Waals surface area contributed by atoms with Crippen LogP contribution in [0.5, 0.6) is 5.75 Å². The zero-order valence-electron chi connectivity index (χ0n) is 13.7. The van der Waals surface area contributed by atoms with E-state index in [1.165, 1.54) is 56.3 Å². The fraction of sp³-hybridized carbons (Fsp3) is 0.700. The van der Waals surface area contributed by atoms with Crippen molar-refractivity contribution in [2.24, 2.45) is 11.8 Å². The molecule has 1 heteroatoms. The van der Waals surface area contributed by atoms with Gasteiger partial charge in [0.1, 0.15) is 11.9 Å². The van der Waals surface area contributed by atoms with Crippen LogP contribution in [0.1, 0.15) is 69.1 Å². The predicted molar refractivity (Wildman–Crippen MR) is 87.0 cm³/mol. The van der Waals surface area contributed by atoms with E-state index in [0.29, 0.717) is 11.5 Å². The first kappa shape index (κ1) is 13.7. The predicted octanol–water partition coefficient (Wildman–Crippen LogP) is 5.18. The molecule has 1 aromatic carbocycles. The van der Waals surface area contributed by atoms with Gasteiger partial charge in [-0.15, -0.1) is 0 Å². The first-order valence-electron chi connectivity index (χ1n) is 9.10. The van der Waals surface area contributed by atoms with Crippen molar-refractivity contribution < 1.29 is 4.74 Å². The highest BCUT2D eigenvalue weighted by Crippen LogP contribution is 2.64. The molecule has 2 bridgehead atoms. The van der Waals surface area contributed by atoms with Gasteiger partial charge in [0.05, 0.1) is 0 Å². The second-order valence-corrected chi connectivity index (χ2v) is 7.29.